The summed E-state index contributed by atoms with van der Waals surface area (Å²) in [6.07, 6.45) is -5.39. The van der Waals surface area contributed by atoms with E-state index in [4.69, 9.17) is 23.7 Å². The Labute approximate surface area is 275 Å². The van der Waals surface area contributed by atoms with Crippen molar-refractivity contribution >= 4 is 29.8 Å². The Morgan fingerprint density at radius 3 is 1.40 bits per heavy atom. The number of fused-ring (bicyclic) bond motifs is 2. The Hall–Kier alpha value is -5.05. The number of carbonyl (C=O) groups excluding carboxylic acids is 5. The first kappa shape index (κ1) is 37.4. The van der Waals surface area contributed by atoms with Gasteiger partial charge in [-0.15, -0.1) is 0 Å². The molecule has 0 amide bonds. The van der Waals surface area contributed by atoms with Crippen LogP contribution >= 0.6 is 0 Å². The van der Waals surface area contributed by atoms with Crippen molar-refractivity contribution in [3.63, 3.8) is 0 Å². The number of cyclic esters (lactones) is 5. The topological polar surface area (TPSA) is 233 Å². The van der Waals surface area contributed by atoms with Gasteiger partial charge in [0.2, 0.25) is 0 Å². The van der Waals surface area contributed by atoms with Gasteiger partial charge in [0.25, 0.3) is 0 Å². The smallest absolute Gasteiger partial charge is 0.342 e. The normalized spacial score (nSPS) is 24.3. The maximum absolute atomic E-state index is 13.1. The van der Waals surface area contributed by atoms with E-state index in [0.29, 0.717) is 0 Å². The summed E-state index contributed by atoms with van der Waals surface area (Å²) in [6.45, 7) is 4.89. The van der Waals surface area contributed by atoms with Crippen LogP contribution in [0.1, 0.15) is 78.8 Å². The molecule has 48 heavy (non-hydrogen) atoms. The molecule has 0 bridgehead atoms. The predicted molar refractivity (Wildman–Crippen MR) is 163 cm³/mol. The molecule has 0 aliphatic carbocycles. The van der Waals surface area contributed by atoms with E-state index >= 15 is 0 Å². The monoisotopic (exact) mass is 676 g/mol. The lowest BCUT2D eigenvalue weighted by molar-refractivity contribution is -0.154. The zero-order valence-electron chi connectivity index (χ0n) is 27.0. The molecule has 0 saturated heterocycles. The zero-order chi connectivity index (χ0) is 35.7. The Balaban J connectivity index is 1.90. The summed E-state index contributed by atoms with van der Waals surface area (Å²) in [7, 11) is 0. The molecular formula is C33H40O15. The summed E-state index contributed by atoms with van der Waals surface area (Å²) in [6, 6.07) is 4.21. The molecule has 1 aliphatic heterocycles. The van der Waals surface area contributed by atoms with Crippen molar-refractivity contribution < 1.29 is 73.2 Å². The molecule has 15 heteroatoms. The van der Waals surface area contributed by atoms with E-state index in [2.05, 4.69) is 0 Å². The molecule has 15 nitrogen and oxygen atoms in total. The molecule has 0 unspecified atom stereocenters. The number of hydrogen-bond acceptors (Lipinski definition) is 15. The SMILES string of the molecule is C[C@@H]1Cc2cc(O)cc(O)c2C(=O)O[C@H](C)CC(=O)OC[C@H](CO)CC(=O)O[C@H](C)Cc2cc(O)cc(O)c2C(=O)O[C@H](C)CC(=O)O1. The van der Waals surface area contributed by atoms with Gasteiger partial charge >= 0.3 is 29.8 Å². The van der Waals surface area contributed by atoms with Gasteiger partial charge < -0.3 is 49.2 Å². The molecular weight excluding hydrogens is 636 g/mol. The fraction of sp³-hybridized carbons (Fsp3) is 0.485. The minimum absolute atomic E-state index is 0.0693. The van der Waals surface area contributed by atoms with Crippen LogP contribution in [-0.4, -0.2) is 93.0 Å². The number of hydrogen-bond donors (Lipinski definition) is 5. The van der Waals surface area contributed by atoms with E-state index in [1.807, 2.05) is 0 Å². The van der Waals surface area contributed by atoms with Crippen molar-refractivity contribution in [2.45, 2.75) is 84.2 Å². The van der Waals surface area contributed by atoms with E-state index in [0.717, 1.165) is 12.1 Å². The maximum atomic E-state index is 13.1. The van der Waals surface area contributed by atoms with E-state index in [1.165, 1.54) is 39.8 Å². The van der Waals surface area contributed by atoms with Crippen LogP contribution in [0.4, 0.5) is 0 Å². The van der Waals surface area contributed by atoms with Crippen LogP contribution in [0.15, 0.2) is 24.3 Å². The highest BCUT2D eigenvalue weighted by Gasteiger charge is 2.28. The third-order valence-corrected chi connectivity index (χ3v) is 7.17. The lowest BCUT2D eigenvalue weighted by Crippen LogP contribution is -2.26. The first-order valence-electron chi connectivity index (χ1n) is 15.2. The van der Waals surface area contributed by atoms with Crippen molar-refractivity contribution in [1.82, 2.24) is 0 Å². The van der Waals surface area contributed by atoms with Crippen molar-refractivity contribution in [2.75, 3.05) is 13.2 Å². The second-order valence-electron chi connectivity index (χ2n) is 11.8. The van der Waals surface area contributed by atoms with Crippen molar-refractivity contribution in [3.05, 3.63) is 46.5 Å². The molecule has 0 fully saturated rings. The number of aliphatic hydroxyl groups is 1. The molecule has 2 aromatic carbocycles. The van der Waals surface area contributed by atoms with Crippen LogP contribution in [0.5, 0.6) is 23.0 Å². The number of esters is 5. The maximum Gasteiger partial charge on any atom is 0.342 e. The van der Waals surface area contributed by atoms with Gasteiger partial charge in [-0.1, -0.05) is 0 Å². The van der Waals surface area contributed by atoms with E-state index in [1.54, 1.807) is 0 Å². The zero-order valence-corrected chi connectivity index (χ0v) is 27.0. The fourth-order valence-corrected chi connectivity index (χ4v) is 5.10. The molecule has 1 heterocycles. The molecule has 5 atom stereocenters. The fourth-order valence-electron chi connectivity index (χ4n) is 5.10. The molecule has 0 spiro atoms. The van der Waals surface area contributed by atoms with Gasteiger partial charge in [0.05, 0.1) is 25.9 Å². The lowest BCUT2D eigenvalue weighted by atomic mass is 10.00. The Bertz CT molecular complexity index is 1520. The van der Waals surface area contributed by atoms with Crippen LogP contribution < -0.4 is 0 Å². The minimum Gasteiger partial charge on any atom is -0.508 e. The molecule has 1 aliphatic rings. The summed E-state index contributed by atoms with van der Waals surface area (Å²) in [4.78, 5) is 63.9. The third kappa shape index (κ3) is 10.8. The van der Waals surface area contributed by atoms with Gasteiger partial charge in [-0.05, 0) is 51.0 Å². The van der Waals surface area contributed by atoms with Gasteiger partial charge in [-0.2, -0.15) is 0 Å². The molecule has 0 aromatic heterocycles. The molecule has 3 rings (SSSR count). The van der Waals surface area contributed by atoms with Crippen molar-refractivity contribution in [2.24, 2.45) is 5.92 Å². The number of phenolic OH excluding ortho intramolecular Hbond substituents is 4. The number of aliphatic hydroxyl groups excluding tert-OH is 1. The average Bonchev–Trinajstić information content (AvgIpc) is 2.93. The second kappa shape index (κ2) is 16.7. The van der Waals surface area contributed by atoms with Gasteiger partial charge in [0, 0.05) is 37.5 Å². The highest BCUT2D eigenvalue weighted by molar-refractivity contribution is 5.95. The minimum atomic E-state index is -1.06. The van der Waals surface area contributed by atoms with Crippen LogP contribution in [0.25, 0.3) is 0 Å². The van der Waals surface area contributed by atoms with E-state index < -0.39 is 91.1 Å². The number of phenols is 4. The van der Waals surface area contributed by atoms with Crippen molar-refractivity contribution in [3.8, 4) is 23.0 Å². The molecule has 0 radical (unpaired) electrons. The average molecular weight is 677 g/mol. The number of rotatable bonds is 1. The highest BCUT2D eigenvalue weighted by atomic mass is 16.6. The highest BCUT2D eigenvalue weighted by Crippen LogP contribution is 2.31. The number of ether oxygens (including phenoxy) is 5. The van der Waals surface area contributed by atoms with Crippen LogP contribution in [0.3, 0.4) is 0 Å². The lowest BCUT2D eigenvalue weighted by Gasteiger charge is -2.20. The number of aromatic hydroxyl groups is 4. The van der Waals surface area contributed by atoms with Gasteiger partial charge in [-0.3, -0.25) is 14.4 Å². The largest absolute Gasteiger partial charge is 0.508 e. The second-order valence-corrected chi connectivity index (χ2v) is 11.8. The Kier molecular flexibility index (Phi) is 13.0. The van der Waals surface area contributed by atoms with E-state index in [-0.39, 0.29) is 59.6 Å². The first-order chi connectivity index (χ1) is 22.6. The Morgan fingerprint density at radius 1 is 0.562 bits per heavy atom. The van der Waals surface area contributed by atoms with Gasteiger partial charge in [0.1, 0.15) is 58.5 Å². The first-order valence-corrected chi connectivity index (χ1v) is 15.2. The molecule has 2 aromatic rings. The summed E-state index contributed by atoms with van der Waals surface area (Å²) >= 11 is 0. The van der Waals surface area contributed by atoms with Crippen LogP contribution in [0, 0.1) is 5.92 Å². The van der Waals surface area contributed by atoms with Crippen LogP contribution in [0.2, 0.25) is 0 Å². The summed E-state index contributed by atoms with van der Waals surface area (Å²) in [5.41, 5.74) is -0.510. The summed E-state index contributed by atoms with van der Waals surface area (Å²) in [5.74, 6) is -7.29. The quantitative estimate of drug-likeness (QED) is 0.216. The summed E-state index contributed by atoms with van der Waals surface area (Å²) < 4.78 is 26.7. The van der Waals surface area contributed by atoms with Crippen molar-refractivity contribution in [1.29, 1.82) is 0 Å². The number of benzene rings is 2. The molecule has 5 N–H and O–H groups in total. The molecule has 262 valence electrons. The predicted octanol–water partition coefficient (Wildman–Crippen LogP) is 2.58. The van der Waals surface area contributed by atoms with Crippen LogP contribution in [-0.2, 0) is 50.9 Å². The van der Waals surface area contributed by atoms with E-state index in [9.17, 15) is 49.5 Å². The third-order valence-electron chi connectivity index (χ3n) is 7.17. The van der Waals surface area contributed by atoms with Gasteiger partial charge in [0.15, 0.2) is 0 Å². The summed E-state index contributed by atoms with van der Waals surface area (Å²) in [5, 5.41) is 50.8. The standard InChI is InChI=1S/C33H40O15/c1-16-5-21-10-23(35)12-25(37)30(21)32(42)47-18(3)7-27(39)44-15-20(14-34)9-29(41)46-17(2)6-22-11-24(36)13-26(38)31(22)33(43)48-19(4)8-28(40)45-16/h10-13,16-20,34-38H,5-9,14-15H2,1-4H3/t16-,17-,18-,19-,20+/m1/s1. The Morgan fingerprint density at radius 2 is 0.958 bits per heavy atom. The number of carbonyl (C=O) groups is 5. The molecule has 0 saturated carbocycles. The van der Waals surface area contributed by atoms with Gasteiger partial charge in [-0.25, -0.2) is 9.59 Å².